The molecule has 0 spiro atoms. The Bertz CT molecular complexity index is 125. The molecular formula is C7H14F3N. The zero-order chi connectivity index (χ0) is 9.50. The van der Waals surface area contributed by atoms with E-state index in [2.05, 4.69) is 0 Å². The Morgan fingerprint density at radius 1 is 0.909 bits per heavy atom. The summed E-state index contributed by atoms with van der Waals surface area (Å²) in [4.78, 5) is 0. The van der Waals surface area contributed by atoms with Crippen LogP contribution in [-0.4, -0.2) is 11.7 Å². The van der Waals surface area contributed by atoms with Gasteiger partial charge in [-0.25, -0.2) is 0 Å². The predicted molar refractivity (Wildman–Crippen MR) is 38.1 cm³/mol. The Morgan fingerprint density at radius 2 is 1.18 bits per heavy atom. The molecule has 0 heterocycles. The lowest BCUT2D eigenvalue weighted by molar-refractivity contribution is -0.207. The van der Waals surface area contributed by atoms with Crippen molar-refractivity contribution in [1.82, 2.24) is 0 Å². The van der Waals surface area contributed by atoms with Crippen LogP contribution in [0.15, 0.2) is 0 Å². The molecule has 0 saturated heterocycles. The molecule has 0 aliphatic rings. The summed E-state index contributed by atoms with van der Waals surface area (Å²) in [5.41, 5.74) is 2.05. The lowest BCUT2D eigenvalue weighted by atomic mass is 9.75. The fourth-order valence-corrected chi connectivity index (χ4v) is 0.425. The maximum Gasteiger partial charge on any atom is 0.406 e. The van der Waals surface area contributed by atoms with E-state index in [0.717, 1.165) is 6.92 Å². The van der Waals surface area contributed by atoms with Gasteiger partial charge in [0.1, 0.15) is 5.54 Å². The summed E-state index contributed by atoms with van der Waals surface area (Å²) in [6, 6.07) is 0. The number of halogens is 3. The summed E-state index contributed by atoms with van der Waals surface area (Å²) < 4.78 is 36.6. The fourth-order valence-electron chi connectivity index (χ4n) is 0.425. The average Bonchev–Trinajstić information content (AvgIpc) is 1.58. The van der Waals surface area contributed by atoms with Crippen LogP contribution >= 0.6 is 0 Å². The highest BCUT2D eigenvalue weighted by Crippen LogP contribution is 2.40. The summed E-state index contributed by atoms with van der Waals surface area (Å²) in [7, 11) is 0. The summed E-state index contributed by atoms with van der Waals surface area (Å²) in [5, 5.41) is 0. The summed E-state index contributed by atoms with van der Waals surface area (Å²) in [5.74, 6) is 0. The maximum absolute atomic E-state index is 12.2. The van der Waals surface area contributed by atoms with Gasteiger partial charge in [-0.15, -0.1) is 0 Å². The Labute approximate surface area is 64.8 Å². The standard InChI is InChI=1S/C7H14F3N/c1-5(2,3)6(4,11)7(8,9)10/h11H2,1-4H3/t6-/m0/s1. The van der Waals surface area contributed by atoms with Gasteiger partial charge in [0.2, 0.25) is 0 Å². The number of rotatable bonds is 0. The van der Waals surface area contributed by atoms with Crippen molar-refractivity contribution in [2.75, 3.05) is 0 Å². The molecule has 0 aromatic carbocycles. The van der Waals surface area contributed by atoms with E-state index < -0.39 is 17.1 Å². The molecule has 0 saturated carbocycles. The highest BCUT2D eigenvalue weighted by atomic mass is 19.4. The van der Waals surface area contributed by atoms with Gasteiger partial charge >= 0.3 is 6.18 Å². The highest BCUT2D eigenvalue weighted by molar-refractivity contribution is 4.97. The maximum atomic E-state index is 12.2. The topological polar surface area (TPSA) is 26.0 Å². The molecule has 0 radical (unpaired) electrons. The van der Waals surface area contributed by atoms with Crippen LogP contribution in [0.4, 0.5) is 13.2 Å². The van der Waals surface area contributed by atoms with Crippen molar-refractivity contribution in [3.05, 3.63) is 0 Å². The van der Waals surface area contributed by atoms with Crippen molar-refractivity contribution in [3.8, 4) is 0 Å². The van der Waals surface area contributed by atoms with Crippen molar-refractivity contribution < 1.29 is 13.2 Å². The Balaban J connectivity index is 4.75. The Morgan fingerprint density at radius 3 is 1.18 bits per heavy atom. The third-order valence-corrected chi connectivity index (χ3v) is 2.15. The molecule has 2 N–H and O–H groups in total. The quantitative estimate of drug-likeness (QED) is 0.591. The minimum atomic E-state index is -4.34. The molecule has 0 fully saturated rings. The first-order valence-corrected chi connectivity index (χ1v) is 3.36. The summed E-state index contributed by atoms with van der Waals surface area (Å²) in [6.07, 6.45) is -4.34. The van der Waals surface area contributed by atoms with Gasteiger partial charge in [-0.3, -0.25) is 0 Å². The Hall–Kier alpha value is -0.250. The first kappa shape index (κ1) is 10.8. The second kappa shape index (κ2) is 2.37. The number of hydrogen-bond acceptors (Lipinski definition) is 1. The zero-order valence-corrected chi connectivity index (χ0v) is 7.21. The highest BCUT2D eigenvalue weighted by Gasteiger charge is 2.55. The molecule has 1 nitrogen and oxygen atoms in total. The number of nitrogens with two attached hydrogens (primary N) is 1. The lowest BCUT2D eigenvalue weighted by Crippen LogP contribution is -2.59. The first-order chi connectivity index (χ1) is 4.50. The minimum Gasteiger partial charge on any atom is -0.317 e. The second-order valence-corrected chi connectivity index (χ2v) is 3.95. The minimum absolute atomic E-state index is 0.967. The first-order valence-electron chi connectivity index (χ1n) is 3.36. The van der Waals surface area contributed by atoms with Gasteiger partial charge in [-0.1, -0.05) is 20.8 Å². The normalized spacial score (nSPS) is 19.6. The van der Waals surface area contributed by atoms with E-state index in [1.807, 2.05) is 0 Å². The average molecular weight is 169 g/mol. The fraction of sp³-hybridized carbons (Fsp3) is 1.00. The zero-order valence-electron chi connectivity index (χ0n) is 7.21. The van der Waals surface area contributed by atoms with E-state index in [-0.39, 0.29) is 0 Å². The number of hydrogen-bond donors (Lipinski definition) is 1. The molecule has 1 atom stereocenters. The van der Waals surface area contributed by atoms with Crippen molar-refractivity contribution in [2.45, 2.75) is 39.4 Å². The van der Waals surface area contributed by atoms with E-state index in [1.165, 1.54) is 20.8 Å². The van der Waals surface area contributed by atoms with Gasteiger partial charge in [0.05, 0.1) is 0 Å². The largest absolute Gasteiger partial charge is 0.406 e. The van der Waals surface area contributed by atoms with Crippen molar-refractivity contribution >= 4 is 0 Å². The lowest BCUT2D eigenvalue weighted by Gasteiger charge is -2.39. The molecule has 68 valence electrons. The molecule has 0 aliphatic heterocycles. The molecule has 0 aromatic rings. The van der Waals surface area contributed by atoms with E-state index in [4.69, 9.17) is 5.73 Å². The van der Waals surface area contributed by atoms with Crippen LogP contribution in [0.25, 0.3) is 0 Å². The van der Waals surface area contributed by atoms with Crippen LogP contribution in [0.1, 0.15) is 27.7 Å². The number of alkyl halides is 3. The molecule has 0 aliphatic carbocycles. The van der Waals surface area contributed by atoms with Crippen LogP contribution in [0, 0.1) is 5.41 Å². The van der Waals surface area contributed by atoms with Gasteiger partial charge in [-0.05, 0) is 12.3 Å². The van der Waals surface area contributed by atoms with Crippen molar-refractivity contribution in [2.24, 2.45) is 11.1 Å². The molecule has 4 heteroatoms. The molecule has 0 amide bonds. The summed E-state index contributed by atoms with van der Waals surface area (Å²) in [6.45, 7) is 5.43. The second-order valence-electron chi connectivity index (χ2n) is 3.95. The van der Waals surface area contributed by atoms with Gasteiger partial charge in [0.15, 0.2) is 0 Å². The SMILES string of the molecule is CC(C)(C)[C@](C)(N)C(F)(F)F. The van der Waals surface area contributed by atoms with Gasteiger partial charge in [0.25, 0.3) is 0 Å². The third kappa shape index (κ3) is 1.86. The smallest absolute Gasteiger partial charge is 0.317 e. The van der Waals surface area contributed by atoms with E-state index >= 15 is 0 Å². The third-order valence-electron chi connectivity index (χ3n) is 2.15. The molecule has 0 unspecified atom stereocenters. The molecule has 11 heavy (non-hydrogen) atoms. The van der Waals surface area contributed by atoms with Crippen LogP contribution in [-0.2, 0) is 0 Å². The van der Waals surface area contributed by atoms with Crippen LogP contribution in [0.3, 0.4) is 0 Å². The van der Waals surface area contributed by atoms with Crippen LogP contribution in [0.2, 0.25) is 0 Å². The van der Waals surface area contributed by atoms with E-state index in [1.54, 1.807) is 0 Å². The van der Waals surface area contributed by atoms with Gasteiger partial charge in [0, 0.05) is 0 Å². The molecular weight excluding hydrogens is 155 g/mol. The van der Waals surface area contributed by atoms with Gasteiger partial charge < -0.3 is 5.73 Å². The van der Waals surface area contributed by atoms with Gasteiger partial charge in [-0.2, -0.15) is 13.2 Å². The van der Waals surface area contributed by atoms with Crippen molar-refractivity contribution in [3.63, 3.8) is 0 Å². The predicted octanol–water partition coefficient (Wildman–Crippen LogP) is 2.31. The summed E-state index contributed by atoms with van der Waals surface area (Å²) >= 11 is 0. The molecule has 0 bridgehead atoms. The molecule has 0 aromatic heterocycles. The van der Waals surface area contributed by atoms with Crippen LogP contribution in [0.5, 0.6) is 0 Å². The molecule has 0 rings (SSSR count). The van der Waals surface area contributed by atoms with E-state index in [0.29, 0.717) is 0 Å². The monoisotopic (exact) mass is 169 g/mol. The Kier molecular flexibility index (Phi) is 2.32. The van der Waals surface area contributed by atoms with Crippen LogP contribution < -0.4 is 5.73 Å². The van der Waals surface area contributed by atoms with E-state index in [9.17, 15) is 13.2 Å². The van der Waals surface area contributed by atoms with Crippen molar-refractivity contribution in [1.29, 1.82) is 0 Å².